The van der Waals surface area contributed by atoms with Crippen molar-refractivity contribution in [1.82, 2.24) is 15.1 Å². The van der Waals surface area contributed by atoms with Crippen LogP contribution in [0.2, 0.25) is 0 Å². The molecule has 0 spiro atoms. The van der Waals surface area contributed by atoms with Crippen LogP contribution < -0.4 is 5.32 Å². The Labute approximate surface area is 159 Å². The number of carbonyl (C=O) groups is 2. The van der Waals surface area contributed by atoms with Crippen molar-refractivity contribution in [3.8, 4) is 0 Å². The number of piperazine rings is 1. The highest BCUT2D eigenvalue weighted by atomic mass is 35.5. The van der Waals surface area contributed by atoms with E-state index in [2.05, 4.69) is 12.2 Å². The molecule has 1 heterocycles. The van der Waals surface area contributed by atoms with E-state index in [9.17, 15) is 18.4 Å². The Morgan fingerprint density at radius 3 is 2.58 bits per heavy atom. The maximum atomic E-state index is 13.3. The van der Waals surface area contributed by atoms with Crippen LogP contribution in [-0.2, 0) is 16.1 Å². The largest absolute Gasteiger partial charge is 0.346 e. The summed E-state index contributed by atoms with van der Waals surface area (Å²) < 4.78 is 26.6. The highest BCUT2D eigenvalue weighted by Gasteiger charge is 2.30. The van der Waals surface area contributed by atoms with Gasteiger partial charge in [0.1, 0.15) is 11.6 Å². The minimum absolute atomic E-state index is 0. The minimum Gasteiger partial charge on any atom is -0.346 e. The van der Waals surface area contributed by atoms with Gasteiger partial charge in [-0.2, -0.15) is 0 Å². The molecule has 1 aliphatic heterocycles. The lowest BCUT2D eigenvalue weighted by atomic mass is 10.1. The van der Waals surface area contributed by atoms with E-state index in [4.69, 9.17) is 0 Å². The predicted molar refractivity (Wildman–Crippen MR) is 98.0 cm³/mol. The molecule has 5 nitrogen and oxygen atoms in total. The monoisotopic (exact) mass is 389 g/mol. The minimum atomic E-state index is -0.665. The van der Waals surface area contributed by atoms with E-state index in [0.717, 1.165) is 18.9 Å². The van der Waals surface area contributed by atoms with Crippen molar-refractivity contribution in [3.05, 3.63) is 35.4 Å². The smallest absolute Gasteiger partial charge is 0.240 e. The van der Waals surface area contributed by atoms with Crippen molar-refractivity contribution in [1.29, 1.82) is 0 Å². The van der Waals surface area contributed by atoms with Gasteiger partial charge in [-0.15, -0.1) is 12.4 Å². The number of hydrogen-bond donors (Lipinski definition) is 1. The molecule has 8 heteroatoms. The standard InChI is InChI=1S/C18H25F2N3O2.ClH/c1-3-4-6-22(2)17(24)11-16-18(25)23(7-5-21-16)12-13-8-14(19)10-15(20)9-13;/h8-10,16,21H,3-7,11-12H2,1-2H3;1H. The average Bonchev–Trinajstić information content (AvgIpc) is 2.55. The molecule has 2 rings (SSSR count). The van der Waals surface area contributed by atoms with Crippen molar-refractivity contribution in [2.45, 2.75) is 38.8 Å². The predicted octanol–water partition coefficient (Wildman–Crippen LogP) is 2.34. The van der Waals surface area contributed by atoms with Gasteiger partial charge in [-0.25, -0.2) is 8.78 Å². The van der Waals surface area contributed by atoms with Crippen LogP contribution in [-0.4, -0.2) is 54.3 Å². The first kappa shape index (κ1) is 22.3. The number of carbonyl (C=O) groups excluding carboxylic acids is 2. The highest BCUT2D eigenvalue weighted by Crippen LogP contribution is 2.14. The molecule has 0 radical (unpaired) electrons. The van der Waals surface area contributed by atoms with Gasteiger partial charge in [0.25, 0.3) is 0 Å². The van der Waals surface area contributed by atoms with Crippen LogP contribution in [0.25, 0.3) is 0 Å². The van der Waals surface area contributed by atoms with Gasteiger partial charge < -0.3 is 15.1 Å². The maximum Gasteiger partial charge on any atom is 0.240 e. The Bertz CT molecular complexity index is 610. The van der Waals surface area contributed by atoms with Crippen LogP contribution >= 0.6 is 12.4 Å². The molecule has 0 saturated carbocycles. The molecule has 0 aromatic heterocycles. The van der Waals surface area contributed by atoms with Crippen LogP contribution in [0, 0.1) is 11.6 Å². The average molecular weight is 390 g/mol. The number of unbranched alkanes of at least 4 members (excludes halogenated alkanes) is 1. The van der Waals surface area contributed by atoms with E-state index in [-0.39, 0.29) is 37.2 Å². The first-order valence-electron chi connectivity index (χ1n) is 8.61. The molecule has 2 amide bonds. The van der Waals surface area contributed by atoms with Crippen LogP contribution in [0.3, 0.4) is 0 Å². The van der Waals surface area contributed by atoms with Crippen molar-refractivity contribution in [3.63, 3.8) is 0 Å². The molecular weight excluding hydrogens is 364 g/mol. The Morgan fingerprint density at radius 2 is 1.96 bits per heavy atom. The summed E-state index contributed by atoms with van der Waals surface area (Å²) >= 11 is 0. The molecule has 146 valence electrons. The lowest BCUT2D eigenvalue weighted by Gasteiger charge is -2.33. The maximum absolute atomic E-state index is 13.3. The van der Waals surface area contributed by atoms with E-state index in [1.807, 2.05) is 0 Å². The molecule has 1 aromatic rings. The Kier molecular flexibility index (Phi) is 8.95. The van der Waals surface area contributed by atoms with Gasteiger partial charge in [0, 0.05) is 39.3 Å². The lowest BCUT2D eigenvalue weighted by molar-refractivity contribution is -0.141. The van der Waals surface area contributed by atoms with Crippen molar-refractivity contribution in [2.75, 3.05) is 26.7 Å². The van der Waals surface area contributed by atoms with E-state index >= 15 is 0 Å². The van der Waals surface area contributed by atoms with Crippen LogP contribution in [0.5, 0.6) is 0 Å². The number of benzene rings is 1. The summed E-state index contributed by atoms with van der Waals surface area (Å²) in [5.41, 5.74) is 0.401. The van der Waals surface area contributed by atoms with E-state index in [0.29, 0.717) is 25.2 Å². The normalized spacial score (nSPS) is 17.0. The van der Waals surface area contributed by atoms with Crippen molar-refractivity contribution in [2.24, 2.45) is 0 Å². The molecule has 1 saturated heterocycles. The summed E-state index contributed by atoms with van der Waals surface area (Å²) in [5.74, 6) is -1.63. The molecular formula is C18H26ClF2N3O2. The zero-order valence-corrected chi connectivity index (χ0v) is 16.0. The fourth-order valence-electron chi connectivity index (χ4n) is 2.88. The Morgan fingerprint density at radius 1 is 1.31 bits per heavy atom. The highest BCUT2D eigenvalue weighted by molar-refractivity contribution is 5.88. The zero-order chi connectivity index (χ0) is 18.4. The van der Waals surface area contributed by atoms with Crippen LogP contribution in [0.1, 0.15) is 31.7 Å². The van der Waals surface area contributed by atoms with Crippen LogP contribution in [0.15, 0.2) is 18.2 Å². The van der Waals surface area contributed by atoms with Gasteiger partial charge >= 0.3 is 0 Å². The van der Waals surface area contributed by atoms with Gasteiger partial charge in [-0.3, -0.25) is 9.59 Å². The van der Waals surface area contributed by atoms with Crippen molar-refractivity contribution >= 4 is 24.2 Å². The number of nitrogens with one attached hydrogen (secondary N) is 1. The third-order valence-electron chi connectivity index (χ3n) is 4.33. The molecule has 26 heavy (non-hydrogen) atoms. The fraction of sp³-hybridized carbons (Fsp3) is 0.556. The van der Waals surface area contributed by atoms with Gasteiger partial charge in [0.05, 0.1) is 12.5 Å². The second-order valence-electron chi connectivity index (χ2n) is 6.42. The van der Waals surface area contributed by atoms with E-state index < -0.39 is 17.7 Å². The number of rotatable bonds is 7. The summed E-state index contributed by atoms with van der Waals surface area (Å²) in [6, 6.07) is 2.65. The second-order valence-corrected chi connectivity index (χ2v) is 6.42. The van der Waals surface area contributed by atoms with E-state index in [1.54, 1.807) is 11.9 Å². The van der Waals surface area contributed by atoms with Gasteiger partial charge in [-0.05, 0) is 24.1 Å². The quantitative estimate of drug-likeness (QED) is 0.778. The molecule has 1 aliphatic rings. The van der Waals surface area contributed by atoms with Gasteiger partial charge in [0.15, 0.2) is 0 Å². The first-order chi connectivity index (χ1) is 11.9. The molecule has 1 atom stereocenters. The molecule has 1 fully saturated rings. The van der Waals surface area contributed by atoms with Gasteiger partial charge in [-0.1, -0.05) is 13.3 Å². The topological polar surface area (TPSA) is 52.7 Å². The third-order valence-corrected chi connectivity index (χ3v) is 4.33. The number of halogens is 3. The van der Waals surface area contributed by atoms with Crippen molar-refractivity contribution < 1.29 is 18.4 Å². The summed E-state index contributed by atoms with van der Waals surface area (Å²) in [6.07, 6.45) is 2.01. The molecule has 1 unspecified atom stereocenters. The summed E-state index contributed by atoms with van der Waals surface area (Å²) in [4.78, 5) is 28.0. The molecule has 0 aliphatic carbocycles. The van der Waals surface area contributed by atoms with Gasteiger partial charge in [0.2, 0.25) is 11.8 Å². The molecule has 1 aromatic carbocycles. The lowest BCUT2D eigenvalue weighted by Crippen LogP contribution is -2.55. The zero-order valence-electron chi connectivity index (χ0n) is 15.1. The number of amides is 2. The SMILES string of the molecule is CCCCN(C)C(=O)CC1NCCN(Cc2cc(F)cc(F)c2)C1=O.Cl. The Hall–Kier alpha value is -1.73. The Balaban J connectivity index is 0.00000338. The molecule has 1 N–H and O–H groups in total. The van der Waals surface area contributed by atoms with E-state index in [1.165, 1.54) is 17.0 Å². The summed E-state index contributed by atoms with van der Waals surface area (Å²) in [7, 11) is 1.73. The third kappa shape index (κ3) is 6.21. The summed E-state index contributed by atoms with van der Waals surface area (Å²) in [6.45, 7) is 3.83. The first-order valence-corrected chi connectivity index (χ1v) is 8.61. The van der Waals surface area contributed by atoms with Crippen LogP contribution in [0.4, 0.5) is 8.78 Å². The summed E-state index contributed by atoms with van der Waals surface area (Å²) in [5, 5.41) is 3.06. The number of nitrogens with zero attached hydrogens (tertiary/aromatic N) is 2. The number of hydrogen-bond acceptors (Lipinski definition) is 3. The fourth-order valence-corrected chi connectivity index (χ4v) is 2.88. The second kappa shape index (κ2) is 10.4. The molecule has 0 bridgehead atoms.